The summed E-state index contributed by atoms with van der Waals surface area (Å²) < 4.78 is 26.4. The van der Waals surface area contributed by atoms with Gasteiger partial charge in [-0.05, 0) is 50.8 Å². The van der Waals surface area contributed by atoms with Gasteiger partial charge in [0.25, 0.3) is 5.56 Å². The van der Waals surface area contributed by atoms with Crippen LogP contribution in [-0.2, 0) is 33.0 Å². The predicted octanol–water partition coefficient (Wildman–Crippen LogP) is 5.52. The van der Waals surface area contributed by atoms with Crippen molar-refractivity contribution in [3.63, 3.8) is 0 Å². The Hall–Kier alpha value is -4.52. The molecule has 2 aromatic carbocycles. The van der Waals surface area contributed by atoms with E-state index < -0.39 is 28.9 Å². The van der Waals surface area contributed by atoms with Crippen LogP contribution in [0.3, 0.4) is 0 Å². The first kappa shape index (κ1) is 31.5. The number of ether oxygens (including phenoxy) is 3. The molecule has 5 aromatic rings. The number of oxazole rings is 1. The summed E-state index contributed by atoms with van der Waals surface area (Å²) in [7, 11) is 0. The van der Waals surface area contributed by atoms with Crippen molar-refractivity contribution in [3.05, 3.63) is 105 Å². The number of hydrogen-bond acceptors (Lipinski definition) is 9. The van der Waals surface area contributed by atoms with Gasteiger partial charge in [-0.15, -0.1) is 11.3 Å². The second kappa shape index (κ2) is 13.1. The van der Waals surface area contributed by atoms with E-state index in [2.05, 4.69) is 4.98 Å². The van der Waals surface area contributed by atoms with Gasteiger partial charge in [-0.1, -0.05) is 48.5 Å². The molecule has 1 aliphatic heterocycles. The molecule has 0 spiro atoms. The number of aliphatic carboxylic acids is 1. The third-order valence-electron chi connectivity index (χ3n) is 8.30. The Labute approximate surface area is 268 Å². The summed E-state index contributed by atoms with van der Waals surface area (Å²) in [6.07, 6.45) is 3.44. The Balaban J connectivity index is 1.52. The van der Waals surface area contributed by atoms with Gasteiger partial charge in [0.05, 0.1) is 29.1 Å². The summed E-state index contributed by atoms with van der Waals surface area (Å²) in [4.78, 5) is 45.9. The number of hydrogen-bond donors (Lipinski definition) is 1. The first-order valence-electron chi connectivity index (χ1n) is 15.1. The molecule has 0 bridgehead atoms. The van der Waals surface area contributed by atoms with Gasteiger partial charge >= 0.3 is 11.7 Å². The van der Waals surface area contributed by atoms with Crippen LogP contribution in [-0.4, -0.2) is 44.5 Å². The lowest BCUT2D eigenvalue weighted by Crippen LogP contribution is -2.52. The van der Waals surface area contributed by atoms with Crippen molar-refractivity contribution in [3.8, 4) is 16.5 Å². The maximum atomic E-state index is 14.3. The number of para-hydroxylation sites is 1. The lowest BCUT2D eigenvalue weighted by Gasteiger charge is -2.30. The summed E-state index contributed by atoms with van der Waals surface area (Å²) >= 11 is 1.20. The van der Waals surface area contributed by atoms with Crippen molar-refractivity contribution in [1.82, 2.24) is 14.1 Å². The van der Waals surface area contributed by atoms with Crippen molar-refractivity contribution < 1.29 is 28.5 Å². The second-order valence-corrected chi connectivity index (χ2v) is 12.7. The van der Waals surface area contributed by atoms with Crippen LogP contribution in [0.25, 0.3) is 21.0 Å². The van der Waals surface area contributed by atoms with E-state index in [1.165, 1.54) is 42.2 Å². The number of thiophene rings is 1. The molecule has 1 aliphatic rings. The number of carboxylic acids is 1. The van der Waals surface area contributed by atoms with E-state index in [1.54, 1.807) is 6.92 Å². The van der Waals surface area contributed by atoms with Gasteiger partial charge in [0.15, 0.2) is 0 Å². The topological polar surface area (TPSA) is 135 Å². The molecule has 0 radical (unpaired) electrons. The molecule has 11 nitrogen and oxygen atoms in total. The molecule has 3 aromatic heterocycles. The third-order valence-corrected chi connectivity index (χ3v) is 9.60. The standard InChI is InChI=1S/C34H35N3O8S/c1-21-27-30(38)37(34(2,3)32(39)40)33(41)36(31(27)46-28(21)29-35-15-18-43-29)19-26(45-23-13-16-42-17-14-23)24-11-7-8-12-25(24)44-20-22-9-5-4-6-10-22/h4-12,15,18,23,26H,13-14,16-17,19-20H2,1-3H3,(H,39,40). The number of aromatic nitrogens is 3. The molecule has 1 fully saturated rings. The zero-order valence-electron chi connectivity index (χ0n) is 25.8. The molecule has 1 atom stereocenters. The van der Waals surface area contributed by atoms with E-state index in [1.807, 2.05) is 54.6 Å². The summed E-state index contributed by atoms with van der Waals surface area (Å²) in [6, 6.07) is 17.3. The molecule has 0 amide bonds. The van der Waals surface area contributed by atoms with Crippen LogP contribution in [0.2, 0.25) is 0 Å². The second-order valence-electron chi connectivity index (χ2n) is 11.7. The molecule has 1 N–H and O–H groups in total. The van der Waals surface area contributed by atoms with Gasteiger partial charge in [-0.3, -0.25) is 9.36 Å². The van der Waals surface area contributed by atoms with E-state index in [0.717, 1.165) is 15.7 Å². The zero-order chi connectivity index (χ0) is 32.4. The smallest absolute Gasteiger partial charge is 0.333 e. The van der Waals surface area contributed by atoms with Crippen molar-refractivity contribution in [2.24, 2.45) is 0 Å². The minimum absolute atomic E-state index is 0.0145. The molecular formula is C34H35N3O8S. The normalized spacial score (nSPS) is 14.8. The maximum Gasteiger partial charge on any atom is 0.333 e. The number of fused-ring (bicyclic) bond motifs is 1. The summed E-state index contributed by atoms with van der Waals surface area (Å²) in [5.74, 6) is -0.418. The number of carbonyl (C=O) groups is 1. The molecule has 240 valence electrons. The number of carboxylic acid groups (broad SMARTS) is 1. The fourth-order valence-electron chi connectivity index (χ4n) is 5.67. The average Bonchev–Trinajstić information content (AvgIpc) is 3.71. The minimum atomic E-state index is -1.84. The highest BCUT2D eigenvalue weighted by molar-refractivity contribution is 7.22. The third kappa shape index (κ3) is 6.03. The first-order chi connectivity index (χ1) is 22.2. The highest BCUT2D eigenvalue weighted by atomic mass is 32.1. The van der Waals surface area contributed by atoms with Crippen molar-refractivity contribution in [2.45, 2.75) is 64.5 Å². The van der Waals surface area contributed by atoms with E-state index in [4.69, 9.17) is 18.6 Å². The van der Waals surface area contributed by atoms with Crippen LogP contribution in [0.4, 0.5) is 0 Å². The van der Waals surface area contributed by atoms with Gasteiger partial charge in [0, 0.05) is 18.8 Å². The molecule has 1 unspecified atom stereocenters. The number of nitrogens with zero attached hydrogens (tertiary/aromatic N) is 3. The SMILES string of the molecule is Cc1c(-c2ncco2)sc2c1c(=O)n(C(C)(C)C(=O)O)c(=O)n2CC(OC1CCOCC1)c1ccccc1OCc1ccccc1. The van der Waals surface area contributed by atoms with Crippen LogP contribution < -0.4 is 16.0 Å². The van der Waals surface area contributed by atoms with Crippen LogP contribution in [0, 0.1) is 6.92 Å². The van der Waals surface area contributed by atoms with E-state index in [9.17, 15) is 19.5 Å². The van der Waals surface area contributed by atoms with Crippen molar-refractivity contribution in [2.75, 3.05) is 13.2 Å². The Bertz CT molecular complexity index is 1950. The Morgan fingerprint density at radius 3 is 2.52 bits per heavy atom. The fourth-order valence-corrected chi connectivity index (χ4v) is 6.92. The Morgan fingerprint density at radius 2 is 1.83 bits per heavy atom. The quantitative estimate of drug-likeness (QED) is 0.197. The first-order valence-corrected chi connectivity index (χ1v) is 15.9. The van der Waals surface area contributed by atoms with Gasteiger partial charge in [0.1, 0.15) is 35.1 Å². The maximum absolute atomic E-state index is 14.3. The average molecular weight is 646 g/mol. The van der Waals surface area contributed by atoms with Gasteiger partial charge in [-0.2, -0.15) is 0 Å². The number of aryl methyl sites for hydroxylation is 1. The van der Waals surface area contributed by atoms with Crippen molar-refractivity contribution >= 4 is 27.5 Å². The lowest BCUT2D eigenvalue weighted by atomic mass is 10.0. The molecule has 12 heteroatoms. The summed E-state index contributed by atoms with van der Waals surface area (Å²) in [6.45, 7) is 5.84. The lowest BCUT2D eigenvalue weighted by molar-refractivity contribution is -0.146. The molecule has 6 rings (SSSR count). The van der Waals surface area contributed by atoms with Crippen LogP contribution >= 0.6 is 11.3 Å². The summed E-state index contributed by atoms with van der Waals surface area (Å²) in [5.41, 5.74) is -1.02. The zero-order valence-corrected chi connectivity index (χ0v) is 26.6. The van der Waals surface area contributed by atoms with E-state index in [-0.39, 0.29) is 18.0 Å². The molecular weight excluding hydrogens is 610 g/mol. The Kier molecular flexibility index (Phi) is 8.94. The fraction of sp³-hybridized carbons (Fsp3) is 0.353. The molecule has 4 heterocycles. The molecule has 1 saturated heterocycles. The van der Waals surface area contributed by atoms with Crippen LogP contribution in [0.5, 0.6) is 5.75 Å². The minimum Gasteiger partial charge on any atom is -0.489 e. The van der Waals surface area contributed by atoms with Crippen LogP contribution in [0.15, 0.2) is 81.1 Å². The van der Waals surface area contributed by atoms with Crippen molar-refractivity contribution in [1.29, 1.82) is 0 Å². The highest BCUT2D eigenvalue weighted by Gasteiger charge is 2.36. The molecule has 0 saturated carbocycles. The monoisotopic (exact) mass is 645 g/mol. The number of rotatable bonds is 11. The summed E-state index contributed by atoms with van der Waals surface area (Å²) in [5, 5.41) is 10.3. The van der Waals surface area contributed by atoms with E-state index in [0.29, 0.717) is 59.6 Å². The Morgan fingerprint density at radius 1 is 1.11 bits per heavy atom. The molecule has 0 aliphatic carbocycles. The van der Waals surface area contributed by atoms with Gasteiger partial charge in [-0.25, -0.2) is 19.1 Å². The van der Waals surface area contributed by atoms with Gasteiger partial charge < -0.3 is 23.7 Å². The van der Waals surface area contributed by atoms with Gasteiger partial charge in [0.2, 0.25) is 5.89 Å². The van der Waals surface area contributed by atoms with E-state index >= 15 is 0 Å². The largest absolute Gasteiger partial charge is 0.489 e. The van der Waals surface area contributed by atoms with Crippen LogP contribution in [0.1, 0.15) is 49.5 Å². The predicted molar refractivity (Wildman–Crippen MR) is 172 cm³/mol. The highest BCUT2D eigenvalue weighted by Crippen LogP contribution is 2.38. The molecule has 46 heavy (non-hydrogen) atoms. The number of benzene rings is 2.